The Labute approximate surface area is 330 Å². The number of carbonyl (C=O) groups is 1. The topological polar surface area (TPSA) is 169 Å². The van der Waals surface area contributed by atoms with Crippen LogP contribution in [-0.2, 0) is 14.3 Å². The molecule has 322 valence electrons. The molecule has 0 aliphatic carbocycles. The molecule has 7 N–H and O–H groups in total. The summed E-state index contributed by atoms with van der Waals surface area (Å²) in [6, 6.07) is -0.982. The average molecular weight is 774 g/mol. The fourth-order valence-electron chi connectivity index (χ4n) is 7.55. The van der Waals surface area contributed by atoms with Gasteiger partial charge in [-0.25, -0.2) is 0 Å². The molecule has 0 aromatic heterocycles. The zero-order valence-electron chi connectivity index (χ0n) is 34.9. The molecule has 1 aliphatic rings. The summed E-state index contributed by atoms with van der Waals surface area (Å²) >= 11 is 0. The predicted molar refractivity (Wildman–Crippen MR) is 218 cm³/mol. The van der Waals surface area contributed by atoms with Crippen LogP contribution in [0.4, 0.5) is 0 Å². The minimum Gasteiger partial charge on any atom is -0.394 e. The van der Waals surface area contributed by atoms with E-state index in [0.717, 1.165) is 51.4 Å². The van der Waals surface area contributed by atoms with Crippen LogP contribution in [-0.4, -0.2) is 98.7 Å². The van der Waals surface area contributed by atoms with Gasteiger partial charge in [-0.2, -0.15) is 0 Å². The second kappa shape index (κ2) is 35.3. The van der Waals surface area contributed by atoms with Gasteiger partial charge in [-0.15, -0.1) is 0 Å². The lowest BCUT2D eigenvalue weighted by molar-refractivity contribution is -0.303. The molecule has 0 radical (unpaired) electrons. The van der Waals surface area contributed by atoms with Crippen molar-refractivity contribution in [2.45, 2.75) is 262 Å². The highest BCUT2D eigenvalue weighted by molar-refractivity contribution is 5.76. The maximum absolute atomic E-state index is 12.9. The van der Waals surface area contributed by atoms with Crippen LogP contribution in [0.3, 0.4) is 0 Å². The molecule has 1 aliphatic heterocycles. The molecule has 10 nitrogen and oxygen atoms in total. The quantitative estimate of drug-likeness (QED) is 0.0306. The van der Waals surface area contributed by atoms with Gasteiger partial charge >= 0.3 is 0 Å². The summed E-state index contributed by atoms with van der Waals surface area (Å²) in [5.41, 5.74) is 0. The van der Waals surface area contributed by atoms with Crippen LogP contribution in [0.2, 0.25) is 0 Å². The number of ether oxygens (including phenoxy) is 2. The number of rotatable bonds is 38. The Kier molecular flexibility index (Phi) is 33.5. The molecule has 8 atom stereocenters. The third-order valence-electron chi connectivity index (χ3n) is 11.3. The normalized spacial score (nSPS) is 22.0. The second-order valence-corrected chi connectivity index (χ2v) is 16.3. The molecule has 1 heterocycles. The minimum atomic E-state index is -1.60. The van der Waals surface area contributed by atoms with E-state index >= 15 is 0 Å². The number of nitrogens with one attached hydrogen (secondary N) is 1. The lowest BCUT2D eigenvalue weighted by Gasteiger charge is -2.40. The van der Waals surface area contributed by atoms with Crippen molar-refractivity contribution in [2.75, 3.05) is 13.2 Å². The summed E-state index contributed by atoms with van der Waals surface area (Å²) in [5.74, 6) is -0.258. The Hall–Kier alpha value is -0.850. The van der Waals surface area contributed by atoms with Gasteiger partial charge in [0.15, 0.2) is 6.29 Å². The second-order valence-electron chi connectivity index (χ2n) is 16.3. The number of aliphatic hydroxyl groups is 6. The lowest BCUT2D eigenvalue weighted by atomic mass is 9.98. The summed E-state index contributed by atoms with van der Waals surface area (Å²) in [6.07, 6.45) is 27.3. The highest BCUT2D eigenvalue weighted by atomic mass is 16.7. The Bertz CT molecular complexity index is 834. The van der Waals surface area contributed by atoms with Crippen molar-refractivity contribution >= 4 is 5.91 Å². The number of unbranched alkanes of at least 4 members (excludes halogenated alkanes) is 27. The molecule has 1 saturated heterocycles. The molecule has 0 saturated carbocycles. The zero-order valence-corrected chi connectivity index (χ0v) is 34.9. The molecule has 54 heavy (non-hydrogen) atoms. The van der Waals surface area contributed by atoms with E-state index in [-0.39, 0.29) is 18.9 Å². The molecule has 1 rings (SSSR count). The van der Waals surface area contributed by atoms with Gasteiger partial charge in [0.1, 0.15) is 30.5 Å². The number of aliphatic hydroxyl groups excluding tert-OH is 6. The summed E-state index contributed by atoms with van der Waals surface area (Å²) < 4.78 is 11.1. The van der Waals surface area contributed by atoms with E-state index < -0.39 is 55.6 Å². The van der Waals surface area contributed by atoms with Gasteiger partial charge in [-0.05, 0) is 12.8 Å². The van der Waals surface area contributed by atoms with E-state index in [0.29, 0.717) is 6.42 Å². The fourth-order valence-corrected chi connectivity index (χ4v) is 7.55. The van der Waals surface area contributed by atoms with Gasteiger partial charge in [-0.3, -0.25) is 4.79 Å². The largest absolute Gasteiger partial charge is 0.394 e. The molecule has 0 unspecified atom stereocenters. The van der Waals surface area contributed by atoms with Crippen molar-refractivity contribution in [2.24, 2.45) is 0 Å². The fraction of sp³-hybridized carbons (Fsp3) is 0.977. The van der Waals surface area contributed by atoms with E-state index in [1.54, 1.807) is 0 Å². The first-order chi connectivity index (χ1) is 26.3. The highest BCUT2D eigenvalue weighted by Gasteiger charge is 2.44. The van der Waals surface area contributed by atoms with E-state index in [4.69, 9.17) is 9.47 Å². The number of hydrogen-bond donors (Lipinski definition) is 7. The SMILES string of the molecule is CCCCCCCCCCCCCCCCCCCCCCCCCC(=O)N[C@@H](CO[C@H]1O[C@H](CO)[C@H](O)[C@H](O)[C@H]1O)[C@H](O)[C@H](O)CCCCCCCC. The molecule has 0 aromatic rings. The summed E-state index contributed by atoms with van der Waals surface area (Å²) in [5, 5.41) is 64.7. The smallest absolute Gasteiger partial charge is 0.220 e. The van der Waals surface area contributed by atoms with Crippen LogP contribution in [0.1, 0.15) is 213 Å². The molecular weight excluding hydrogens is 686 g/mol. The van der Waals surface area contributed by atoms with E-state index in [1.807, 2.05) is 0 Å². The van der Waals surface area contributed by atoms with Crippen molar-refractivity contribution in [3.8, 4) is 0 Å². The summed E-state index contributed by atoms with van der Waals surface area (Å²) in [6.45, 7) is 3.54. The summed E-state index contributed by atoms with van der Waals surface area (Å²) in [4.78, 5) is 12.9. The van der Waals surface area contributed by atoms with Gasteiger partial charge in [-0.1, -0.05) is 194 Å². The van der Waals surface area contributed by atoms with Crippen molar-refractivity contribution in [3.05, 3.63) is 0 Å². The average Bonchev–Trinajstić information content (AvgIpc) is 3.17. The Balaban J connectivity index is 2.22. The number of hydrogen-bond acceptors (Lipinski definition) is 9. The molecule has 1 amide bonds. The van der Waals surface area contributed by atoms with E-state index in [2.05, 4.69) is 19.2 Å². The van der Waals surface area contributed by atoms with Crippen molar-refractivity contribution in [1.82, 2.24) is 5.32 Å². The van der Waals surface area contributed by atoms with Gasteiger partial charge < -0.3 is 45.4 Å². The van der Waals surface area contributed by atoms with Gasteiger partial charge in [0, 0.05) is 6.42 Å². The first-order valence-corrected chi connectivity index (χ1v) is 22.8. The van der Waals surface area contributed by atoms with Crippen LogP contribution in [0, 0.1) is 0 Å². The number of carbonyl (C=O) groups excluding carboxylic acids is 1. The first kappa shape index (κ1) is 51.2. The Morgan fingerprint density at radius 2 is 0.963 bits per heavy atom. The van der Waals surface area contributed by atoms with Gasteiger partial charge in [0.2, 0.25) is 5.91 Å². The van der Waals surface area contributed by atoms with Gasteiger partial charge in [0.05, 0.1) is 25.4 Å². The van der Waals surface area contributed by atoms with Crippen molar-refractivity contribution < 1.29 is 44.9 Å². The zero-order chi connectivity index (χ0) is 39.7. The molecular formula is C44H87NO9. The minimum absolute atomic E-state index is 0.258. The lowest BCUT2D eigenvalue weighted by Crippen LogP contribution is -2.60. The molecule has 0 bridgehead atoms. The van der Waals surface area contributed by atoms with Crippen LogP contribution in [0.15, 0.2) is 0 Å². The Morgan fingerprint density at radius 1 is 0.574 bits per heavy atom. The first-order valence-electron chi connectivity index (χ1n) is 22.8. The third kappa shape index (κ3) is 25.4. The highest BCUT2D eigenvalue weighted by Crippen LogP contribution is 2.23. The number of amides is 1. The summed E-state index contributed by atoms with van der Waals surface area (Å²) in [7, 11) is 0. The predicted octanol–water partition coefficient (Wildman–Crippen LogP) is 8.14. The van der Waals surface area contributed by atoms with Crippen LogP contribution in [0.25, 0.3) is 0 Å². The van der Waals surface area contributed by atoms with Gasteiger partial charge in [0.25, 0.3) is 0 Å². The van der Waals surface area contributed by atoms with Crippen molar-refractivity contribution in [3.63, 3.8) is 0 Å². The maximum atomic E-state index is 12.9. The standard InChI is InChI=1S/C44H87NO9/c1-3-5-7-9-11-12-13-14-15-16-17-18-19-20-21-22-23-24-25-26-27-29-31-33-39(48)45-36(40(49)37(47)32-30-28-10-8-6-4-2)35-53-44-43(52)42(51)41(50)38(34-46)54-44/h36-38,40-44,46-47,49-52H,3-35H2,1-2H3,(H,45,48)/t36-,37+,38+,40-,41-,42-,43+,44-/m0/s1. The molecule has 1 fully saturated rings. The van der Waals surface area contributed by atoms with Crippen LogP contribution < -0.4 is 5.32 Å². The Morgan fingerprint density at radius 3 is 1.37 bits per heavy atom. The third-order valence-corrected chi connectivity index (χ3v) is 11.3. The maximum Gasteiger partial charge on any atom is 0.220 e. The molecule has 0 spiro atoms. The van der Waals surface area contributed by atoms with Crippen LogP contribution >= 0.6 is 0 Å². The van der Waals surface area contributed by atoms with E-state index in [9.17, 15) is 35.4 Å². The van der Waals surface area contributed by atoms with Crippen molar-refractivity contribution in [1.29, 1.82) is 0 Å². The monoisotopic (exact) mass is 774 g/mol. The molecule has 10 heteroatoms. The van der Waals surface area contributed by atoms with E-state index in [1.165, 1.54) is 135 Å². The van der Waals surface area contributed by atoms with Crippen LogP contribution in [0.5, 0.6) is 0 Å². The molecule has 0 aromatic carbocycles.